The molecule has 1 saturated heterocycles. The van der Waals surface area contributed by atoms with E-state index in [9.17, 15) is 10.1 Å². The summed E-state index contributed by atoms with van der Waals surface area (Å²) >= 11 is 1.59. The fourth-order valence-electron chi connectivity index (χ4n) is 4.82. The lowest BCUT2D eigenvalue weighted by molar-refractivity contribution is -0.135. The molecule has 2 aromatic carbocycles. The Morgan fingerprint density at radius 3 is 2.64 bits per heavy atom. The molecule has 1 aliphatic rings. The number of nitrogens with zero attached hydrogens (tertiary/aromatic N) is 3. The zero-order valence-electron chi connectivity index (χ0n) is 21.1. The average molecular weight is 500 g/mol. The molecule has 0 saturated carbocycles. The molecular formula is C29H33N5OS. The van der Waals surface area contributed by atoms with Crippen LogP contribution in [0.3, 0.4) is 0 Å². The highest BCUT2D eigenvalue weighted by atomic mass is 32.1. The zero-order valence-corrected chi connectivity index (χ0v) is 21.9. The molecule has 0 bridgehead atoms. The van der Waals surface area contributed by atoms with Gasteiger partial charge in [0, 0.05) is 30.7 Å². The molecule has 2 heterocycles. The summed E-state index contributed by atoms with van der Waals surface area (Å²) in [4.78, 5) is 18.3. The van der Waals surface area contributed by atoms with Crippen molar-refractivity contribution in [1.29, 1.82) is 10.7 Å². The number of benzene rings is 2. The zero-order chi connectivity index (χ0) is 25.7. The average Bonchev–Trinajstić information content (AvgIpc) is 3.41. The Balaban J connectivity index is 1.64. The minimum Gasteiger partial charge on any atom is -0.372 e. The van der Waals surface area contributed by atoms with Crippen molar-refractivity contribution in [3.63, 3.8) is 0 Å². The van der Waals surface area contributed by atoms with Gasteiger partial charge in [0.15, 0.2) is 5.96 Å². The number of unbranched alkanes of at least 4 members (excludes halogenated alkanes) is 1. The van der Waals surface area contributed by atoms with Crippen molar-refractivity contribution in [2.75, 3.05) is 25.0 Å². The Bertz CT molecular complexity index is 1260. The van der Waals surface area contributed by atoms with Crippen LogP contribution in [0.2, 0.25) is 0 Å². The molecule has 7 heteroatoms. The Kier molecular flexibility index (Phi) is 7.76. The van der Waals surface area contributed by atoms with Gasteiger partial charge in [-0.05, 0) is 66.6 Å². The molecule has 0 aliphatic carbocycles. The van der Waals surface area contributed by atoms with Gasteiger partial charge in [0.05, 0.1) is 23.1 Å². The van der Waals surface area contributed by atoms with Gasteiger partial charge >= 0.3 is 0 Å². The van der Waals surface area contributed by atoms with Gasteiger partial charge in [-0.25, -0.2) is 0 Å². The summed E-state index contributed by atoms with van der Waals surface area (Å²) in [5.74, 6) is -0.251. The first-order valence-electron chi connectivity index (χ1n) is 12.4. The molecule has 1 fully saturated rings. The van der Waals surface area contributed by atoms with Gasteiger partial charge in [0.25, 0.3) is 0 Å². The molecule has 3 aromatic rings. The van der Waals surface area contributed by atoms with Gasteiger partial charge in [0.1, 0.15) is 0 Å². The van der Waals surface area contributed by atoms with Crippen LogP contribution in [-0.2, 0) is 10.3 Å². The Hall–Kier alpha value is -3.63. The molecule has 2 N–H and O–H groups in total. The molecule has 1 aliphatic heterocycles. The third kappa shape index (κ3) is 5.14. The highest BCUT2D eigenvalue weighted by Gasteiger charge is 2.48. The molecule has 186 valence electrons. The molecule has 1 aromatic heterocycles. The van der Waals surface area contributed by atoms with Crippen molar-refractivity contribution in [1.82, 2.24) is 10.2 Å². The highest BCUT2D eigenvalue weighted by Crippen LogP contribution is 2.41. The third-order valence-corrected chi connectivity index (χ3v) is 8.23. The summed E-state index contributed by atoms with van der Waals surface area (Å²) in [5, 5.41) is 23.2. The Labute approximate surface area is 217 Å². The largest absolute Gasteiger partial charge is 0.372 e. The van der Waals surface area contributed by atoms with Crippen LogP contribution in [0.1, 0.15) is 43.6 Å². The van der Waals surface area contributed by atoms with Crippen molar-refractivity contribution in [2.24, 2.45) is 5.92 Å². The first-order chi connectivity index (χ1) is 17.4. The first-order valence-corrected chi connectivity index (χ1v) is 13.3. The van der Waals surface area contributed by atoms with Crippen LogP contribution in [0.25, 0.3) is 11.1 Å². The van der Waals surface area contributed by atoms with E-state index in [2.05, 4.69) is 58.9 Å². The van der Waals surface area contributed by atoms with Crippen LogP contribution in [0.4, 0.5) is 5.69 Å². The molecule has 36 heavy (non-hydrogen) atoms. The van der Waals surface area contributed by atoms with E-state index < -0.39 is 5.54 Å². The van der Waals surface area contributed by atoms with E-state index >= 15 is 0 Å². The molecule has 2 atom stereocenters. The fraction of sp³-hybridized carbons (Fsp3) is 0.345. The van der Waals surface area contributed by atoms with Crippen LogP contribution >= 0.6 is 11.3 Å². The van der Waals surface area contributed by atoms with Crippen molar-refractivity contribution >= 4 is 28.9 Å². The van der Waals surface area contributed by atoms with E-state index in [1.807, 2.05) is 31.2 Å². The van der Waals surface area contributed by atoms with Crippen LogP contribution < -0.4 is 10.2 Å². The lowest BCUT2D eigenvalue weighted by Gasteiger charge is -2.45. The van der Waals surface area contributed by atoms with Gasteiger partial charge in [0.2, 0.25) is 5.91 Å². The normalized spacial score (nSPS) is 19.6. The number of para-hydroxylation sites is 1. The maximum absolute atomic E-state index is 13.5. The van der Waals surface area contributed by atoms with Crippen molar-refractivity contribution in [3.05, 3.63) is 76.5 Å². The number of guanidine groups is 1. The first kappa shape index (κ1) is 25.5. The molecule has 0 spiro atoms. The van der Waals surface area contributed by atoms with Crippen LogP contribution in [0, 0.1) is 22.7 Å². The number of hydrogen-bond acceptors (Lipinski definition) is 5. The van der Waals surface area contributed by atoms with E-state index in [-0.39, 0.29) is 17.8 Å². The van der Waals surface area contributed by atoms with Gasteiger partial charge < -0.3 is 10.2 Å². The number of nitriles is 1. The summed E-state index contributed by atoms with van der Waals surface area (Å²) in [6.07, 6.45) is 2.86. The second-order valence-corrected chi connectivity index (χ2v) is 10.4. The van der Waals surface area contributed by atoms with E-state index in [1.165, 1.54) is 10.6 Å². The maximum Gasteiger partial charge on any atom is 0.234 e. The number of hydrogen-bond donors (Lipinski definition) is 2. The molecule has 0 radical (unpaired) electrons. The van der Waals surface area contributed by atoms with Gasteiger partial charge in [-0.1, -0.05) is 43.7 Å². The number of anilines is 1. The SMILES string of the molecule is CCCCN(CCC1C(=O)N(C)C(=N)N[C@]1(C)c1cc(-c2cccc(C#N)c2)cs1)c1ccccc1. The predicted octanol–water partition coefficient (Wildman–Crippen LogP) is 5.81. The topological polar surface area (TPSA) is 83.2 Å². The monoisotopic (exact) mass is 499 g/mol. The number of thiophene rings is 1. The maximum atomic E-state index is 13.5. The second-order valence-electron chi connectivity index (χ2n) is 9.48. The van der Waals surface area contributed by atoms with Crippen molar-refractivity contribution in [2.45, 2.75) is 38.6 Å². The Morgan fingerprint density at radius 1 is 1.14 bits per heavy atom. The van der Waals surface area contributed by atoms with Crippen LogP contribution in [0.15, 0.2) is 66.0 Å². The quantitative estimate of drug-likeness (QED) is 0.389. The van der Waals surface area contributed by atoms with Gasteiger partial charge in [-0.15, -0.1) is 11.3 Å². The fourth-order valence-corrected chi connectivity index (χ4v) is 5.92. The minimum atomic E-state index is -0.705. The summed E-state index contributed by atoms with van der Waals surface area (Å²) < 4.78 is 0. The number of carbonyl (C=O) groups is 1. The summed E-state index contributed by atoms with van der Waals surface area (Å²) in [6.45, 7) is 5.92. The van der Waals surface area contributed by atoms with Crippen molar-refractivity contribution in [3.8, 4) is 17.2 Å². The molecular weight excluding hydrogens is 466 g/mol. The molecule has 4 rings (SSSR count). The third-order valence-electron chi connectivity index (χ3n) is 7.07. The van der Waals surface area contributed by atoms with Crippen molar-refractivity contribution < 1.29 is 4.79 Å². The highest BCUT2D eigenvalue weighted by molar-refractivity contribution is 7.10. The van der Waals surface area contributed by atoms with Crippen LogP contribution in [-0.4, -0.2) is 36.9 Å². The van der Waals surface area contributed by atoms with Gasteiger partial charge in [-0.3, -0.25) is 15.1 Å². The molecule has 1 amide bonds. The standard InChI is InChI=1S/C29H33N5OS/c1-4-5-15-34(24-12-7-6-8-13-24)16-14-25-27(35)33(3)28(31)32-29(25,2)26-18-23(20-36-26)22-11-9-10-21(17-22)19-30/h6-13,17-18,20,25H,4-5,14-16H2,1-3H3,(H2,31,32)/t25?,29-/m0/s1. The number of rotatable bonds is 9. The predicted molar refractivity (Wildman–Crippen MR) is 147 cm³/mol. The summed E-state index contributed by atoms with van der Waals surface area (Å²) in [6, 6.07) is 22.2. The van der Waals surface area contributed by atoms with E-state index in [0.717, 1.165) is 41.9 Å². The lowest BCUT2D eigenvalue weighted by atomic mass is 9.79. The lowest BCUT2D eigenvalue weighted by Crippen LogP contribution is -2.63. The number of amides is 1. The van der Waals surface area contributed by atoms with E-state index in [0.29, 0.717) is 12.0 Å². The minimum absolute atomic E-state index is 0.0359. The second kappa shape index (κ2) is 11.0. The summed E-state index contributed by atoms with van der Waals surface area (Å²) in [5.41, 5.74) is 3.07. The van der Waals surface area contributed by atoms with Crippen LogP contribution in [0.5, 0.6) is 0 Å². The van der Waals surface area contributed by atoms with E-state index in [4.69, 9.17) is 5.41 Å². The smallest absolute Gasteiger partial charge is 0.234 e. The summed E-state index contributed by atoms with van der Waals surface area (Å²) in [7, 11) is 1.67. The Morgan fingerprint density at radius 2 is 1.92 bits per heavy atom. The van der Waals surface area contributed by atoms with Gasteiger partial charge in [-0.2, -0.15) is 5.26 Å². The molecule has 6 nitrogen and oxygen atoms in total. The van der Waals surface area contributed by atoms with E-state index in [1.54, 1.807) is 24.5 Å². The number of nitrogens with one attached hydrogen (secondary N) is 2. The number of carbonyl (C=O) groups excluding carboxylic acids is 1. The molecule has 1 unspecified atom stereocenters.